The second-order valence-electron chi connectivity index (χ2n) is 7.26. The van der Waals surface area contributed by atoms with Crippen LogP contribution < -0.4 is 10.3 Å². The number of para-hydroxylation sites is 1. The molecule has 3 aromatic rings. The van der Waals surface area contributed by atoms with Gasteiger partial charge >= 0.3 is 0 Å². The molecule has 1 fully saturated rings. The van der Waals surface area contributed by atoms with Gasteiger partial charge in [0, 0.05) is 29.8 Å². The second kappa shape index (κ2) is 8.49. The van der Waals surface area contributed by atoms with Crippen LogP contribution in [0.25, 0.3) is 10.9 Å². The summed E-state index contributed by atoms with van der Waals surface area (Å²) in [6, 6.07) is 16.6. The average molecular weight is 392 g/mol. The molecule has 150 valence electrons. The lowest BCUT2D eigenvalue weighted by atomic mass is 10.1. The Labute approximate surface area is 169 Å². The molecule has 1 aliphatic rings. The molecule has 29 heavy (non-hydrogen) atoms. The molecule has 0 bridgehead atoms. The average Bonchev–Trinajstić information content (AvgIpc) is 3.26. The molecule has 0 aliphatic carbocycles. The van der Waals surface area contributed by atoms with E-state index in [9.17, 15) is 9.59 Å². The summed E-state index contributed by atoms with van der Waals surface area (Å²) in [6.07, 6.45) is 1.89. The van der Waals surface area contributed by atoms with E-state index in [1.165, 1.54) is 0 Å². The number of pyridine rings is 1. The molecule has 0 saturated carbocycles. The van der Waals surface area contributed by atoms with Crippen molar-refractivity contribution >= 4 is 16.8 Å². The third-order valence-corrected chi connectivity index (χ3v) is 5.24. The van der Waals surface area contributed by atoms with Crippen molar-refractivity contribution in [2.45, 2.75) is 25.5 Å². The van der Waals surface area contributed by atoms with Crippen molar-refractivity contribution in [1.29, 1.82) is 0 Å². The SMILES string of the molecule is COc1cccc(C(=O)N(Cc2cc3ccccc3[nH]c2=O)CC2CCCO2)c1. The van der Waals surface area contributed by atoms with E-state index in [2.05, 4.69) is 4.98 Å². The lowest BCUT2D eigenvalue weighted by Gasteiger charge is -2.25. The standard InChI is InChI=1S/C23H24N2O4/c1-28-19-8-4-7-17(13-19)23(27)25(15-20-9-5-11-29-20)14-18-12-16-6-2-3-10-21(16)24-22(18)26/h2-4,6-8,10,12-13,20H,5,9,11,14-15H2,1H3,(H,24,26). The Hall–Kier alpha value is -3.12. The van der Waals surface area contributed by atoms with Crippen LogP contribution in [0.1, 0.15) is 28.8 Å². The number of carbonyl (C=O) groups excluding carboxylic acids is 1. The number of carbonyl (C=O) groups is 1. The number of nitrogens with one attached hydrogen (secondary N) is 1. The van der Waals surface area contributed by atoms with Crippen molar-refractivity contribution in [3.63, 3.8) is 0 Å². The Morgan fingerprint density at radius 3 is 2.86 bits per heavy atom. The molecule has 0 radical (unpaired) electrons. The van der Waals surface area contributed by atoms with Crippen LogP contribution in [0.5, 0.6) is 5.75 Å². The van der Waals surface area contributed by atoms with Gasteiger partial charge in [-0.25, -0.2) is 0 Å². The summed E-state index contributed by atoms with van der Waals surface area (Å²) in [5.41, 5.74) is 1.68. The van der Waals surface area contributed by atoms with E-state index in [1.54, 1.807) is 36.3 Å². The summed E-state index contributed by atoms with van der Waals surface area (Å²) in [4.78, 5) is 30.5. The highest BCUT2D eigenvalue weighted by Crippen LogP contribution is 2.20. The fourth-order valence-electron chi connectivity index (χ4n) is 3.71. The van der Waals surface area contributed by atoms with Gasteiger partial charge in [0.25, 0.3) is 11.5 Å². The molecule has 1 aliphatic heterocycles. The van der Waals surface area contributed by atoms with Gasteiger partial charge in [0.1, 0.15) is 5.75 Å². The summed E-state index contributed by atoms with van der Waals surface area (Å²) in [5, 5.41) is 0.938. The first-order valence-electron chi connectivity index (χ1n) is 9.80. The molecule has 1 saturated heterocycles. The Balaban J connectivity index is 1.65. The van der Waals surface area contributed by atoms with E-state index in [0.717, 1.165) is 23.7 Å². The largest absolute Gasteiger partial charge is 0.497 e. The lowest BCUT2D eigenvalue weighted by Crippen LogP contribution is -2.38. The van der Waals surface area contributed by atoms with Gasteiger partial charge in [-0.2, -0.15) is 0 Å². The van der Waals surface area contributed by atoms with Gasteiger partial charge < -0.3 is 19.4 Å². The number of aromatic nitrogens is 1. The van der Waals surface area contributed by atoms with Crippen molar-refractivity contribution in [2.24, 2.45) is 0 Å². The number of aromatic amines is 1. The minimum Gasteiger partial charge on any atom is -0.497 e. The predicted octanol–water partition coefficient (Wildman–Crippen LogP) is 3.36. The molecule has 0 spiro atoms. The maximum absolute atomic E-state index is 13.3. The van der Waals surface area contributed by atoms with Gasteiger partial charge in [0.15, 0.2) is 0 Å². The van der Waals surface area contributed by atoms with Crippen LogP contribution in [-0.2, 0) is 11.3 Å². The quantitative estimate of drug-likeness (QED) is 0.698. The molecule has 1 unspecified atom stereocenters. The molecular formula is C23H24N2O4. The van der Waals surface area contributed by atoms with Crippen LogP contribution in [-0.4, -0.2) is 42.2 Å². The summed E-state index contributed by atoms with van der Waals surface area (Å²) < 4.78 is 11.0. The Bertz CT molecular complexity index is 1070. The normalized spacial score (nSPS) is 16.1. The minimum absolute atomic E-state index is 0.0101. The molecular weight excluding hydrogens is 368 g/mol. The first-order chi connectivity index (χ1) is 14.1. The Morgan fingerprint density at radius 1 is 1.21 bits per heavy atom. The molecule has 1 amide bonds. The Kier molecular flexibility index (Phi) is 5.62. The summed E-state index contributed by atoms with van der Waals surface area (Å²) in [7, 11) is 1.57. The van der Waals surface area contributed by atoms with Gasteiger partial charge in [-0.1, -0.05) is 24.3 Å². The number of fused-ring (bicyclic) bond motifs is 1. The molecule has 2 aromatic carbocycles. The maximum Gasteiger partial charge on any atom is 0.254 e. The van der Waals surface area contributed by atoms with Crippen molar-refractivity contribution in [2.75, 3.05) is 20.3 Å². The number of hydrogen-bond acceptors (Lipinski definition) is 4. The molecule has 4 rings (SSSR count). The zero-order valence-electron chi connectivity index (χ0n) is 16.4. The van der Waals surface area contributed by atoms with E-state index in [0.29, 0.717) is 30.0 Å². The zero-order chi connectivity index (χ0) is 20.2. The summed E-state index contributed by atoms with van der Waals surface area (Å²) in [6.45, 7) is 1.38. The van der Waals surface area contributed by atoms with Gasteiger partial charge in [-0.3, -0.25) is 9.59 Å². The third kappa shape index (κ3) is 4.32. The number of H-pyrrole nitrogens is 1. The fraction of sp³-hybridized carbons (Fsp3) is 0.304. The number of ether oxygens (including phenoxy) is 2. The molecule has 6 nitrogen and oxygen atoms in total. The van der Waals surface area contributed by atoms with E-state index in [-0.39, 0.29) is 24.1 Å². The predicted molar refractivity (Wildman–Crippen MR) is 111 cm³/mol. The number of hydrogen-bond donors (Lipinski definition) is 1. The Morgan fingerprint density at radius 2 is 2.07 bits per heavy atom. The van der Waals surface area contributed by atoms with Crippen molar-refractivity contribution in [3.05, 3.63) is 76.1 Å². The van der Waals surface area contributed by atoms with Crippen LogP contribution in [0.4, 0.5) is 0 Å². The number of benzene rings is 2. The van der Waals surface area contributed by atoms with E-state index in [4.69, 9.17) is 9.47 Å². The van der Waals surface area contributed by atoms with E-state index in [1.807, 2.05) is 30.3 Å². The highest BCUT2D eigenvalue weighted by atomic mass is 16.5. The molecule has 1 aromatic heterocycles. The minimum atomic E-state index is -0.181. The van der Waals surface area contributed by atoms with Crippen LogP contribution >= 0.6 is 0 Å². The van der Waals surface area contributed by atoms with Crippen LogP contribution in [0.15, 0.2) is 59.4 Å². The molecule has 1 N–H and O–H groups in total. The second-order valence-corrected chi connectivity index (χ2v) is 7.26. The van der Waals surface area contributed by atoms with Gasteiger partial charge in [0.2, 0.25) is 0 Å². The third-order valence-electron chi connectivity index (χ3n) is 5.24. The molecule has 2 heterocycles. The van der Waals surface area contributed by atoms with Crippen LogP contribution in [0, 0.1) is 0 Å². The highest BCUT2D eigenvalue weighted by Gasteiger charge is 2.24. The van der Waals surface area contributed by atoms with E-state index < -0.39 is 0 Å². The first-order valence-corrected chi connectivity index (χ1v) is 9.80. The monoisotopic (exact) mass is 392 g/mol. The zero-order valence-corrected chi connectivity index (χ0v) is 16.4. The summed E-state index contributed by atoms with van der Waals surface area (Å²) in [5.74, 6) is 0.475. The van der Waals surface area contributed by atoms with Crippen molar-refractivity contribution in [3.8, 4) is 5.75 Å². The topological polar surface area (TPSA) is 71.6 Å². The fourth-order valence-corrected chi connectivity index (χ4v) is 3.71. The van der Waals surface area contributed by atoms with Gasteiger partial charge in [0.05, 0.1) is 19.8 Å². The highest BCUT2D eigenvalue weighted by molar-refractivity contribution is 5.94. The first kappa shape index (κ1) is 19.2. The lowest BCUT2D eigenvalue weighted by molar-refractivity contribution is 0.0506. The van der Waals surface area contributed by atoms with Crippen LogP contribution in [0.2, 0.25) is 0 Å². The number of nitrogens with zero attached hydrogens (tertiary/aromatic N) is 1. The van der Waals surface area contributed by atoms with E-state index >= 15 is 0 Å². The summed E-state index contributed by atoms with van der Waals surface area (Å²) >= 11 is 0. The van der Waals surface area contributed by atoms with Gasteiger partial charge in [-0.15, -0.1) is 0 Å². The van der Waals surface area contributed by atoms with Crippen molar-refractivity contribution < 1.29 is 14.3 Å². The van der Waals surface area contributed by atoms with Crippen molar-refractivity contribution in [1.82, 2.24) is 9.88 Å². The number of amides is 1. The van der Waals surface area contributed by atoms with Gasteiger partial charge in [-0.05, 0) is 48.6 Å². The number of methoxy groups -OCH3 is 1. The maximum atomic E-state index is 13.3. The van der Waals surface area contributed by atoms with Crippen LogP contribution in [0.3, 0.4) is 0 Å². The molecule has 1 atom stereocenters. The number of rotatable bonds is 6. The smallest absolute Gasteiger partial charge is 0.254 e. The molecule has 6 heteroatoms.